The smallest absolute Gasteiger partial charge is 0.223 e. The average Bonchev–Trinajstić information content (AvgIpc) is 2.84. The first kappa shape index (κ1) is 13.6. The predicted molar refractivity (Wildman–Crippen MR) is 75.7 cm³/mol. The summed E-state index contributed by atoms with van der Waals surface area (Å²) in [5, 5.41) is 6.44. The Hall–Kier alpha value is -0.870. The van der Waals surface area contributed by atoms with Crippen molar-refractivity contribution >= 4 is 17.2 Å². The Morgan fingerprint density at radius 2 is 2.28 bits per heavy atom. The second-order valence-electron chi connectivity index (χ2n) is 5.02. The third-order valence-corrected chi connectivity index (χ3v) is 4.73. The van der Waals surface area contributed by atoms with Gasteiger partial charge in [-0.2, -0.15) is 0 Å². The van der Waals surface area contributed by atoms with Gasteiger partial charge in [0.1, 0.15) is 0 Å². The van der Waals surface area contributed by atoms with Crippen LogP contribution in [-0.2, 0) is 17.8 Å². The van der Waals surface area contributed by atoms with Crippen molar-refractivity contribution in [2.45, 2.75) is 45.7 Å². The highest BCUT2D eigenvalue weighted by Gasteiger charge is 2.24. The topological polar surface area (TPSA) is 41.1 Å². The van der Waals surface area contributed by atoms with Gasteiger partial charge in [-0.05, 0) is 44.9 Å². The van der Waals surface area contributed by atoms with E-state index in [1.54, 1.807) is 11.3 Å². The molecule has 3 nitrogen and oxygen atoms in total. The molecule has 2 unspecified atom stereocenters. The summed E-state index contributed by atoms with van der Waals surface area (Å²) in [7, 11) is 0. The number of amides is 1. The predicted octanol–water partition coefficient (Wildman–Crippen LogP) is 2.31. The molecule has 1 aromatic rings. The molecular weight excluding hydrogens is 244 g/mol. The van der Waals surface area contributed by atoms with E-state index in [9.17, 15) is 4.79 Å². The van der Waals surface area contributed by atoms with E-state index in [1.165, 1.54) is 9.75 Å². The van der Waals surface area contributed by atoms with Crippen molar-refractivity contribution in [2.75, 3.05) is 6.54 Å². The number of hydrogen-bond donors (Lipinski definition) is 2. The van der Waals surface area contributed by atoms with Gasteiger partial charge < -0.3 is 10.6 Å². The highest BCUT2D eigenvalue weighted by Crippen LogP contribution is 2.18. The molecule has 0 bridgehead atoms. The van der Waals surface area contributed by atoms with Crippen molar-refractivity contribution in [1.82, 2.24) is 10.6 Å². The van der Waals surface area contributed by atoms with Gasteiger partial charge in [-0.3, -0.25) is 4.79 Å². The molecule has 18 heavy (non-hydrogen) atoms. The number of carbonyl (C=O) groups excluding carboxylic acids is 1. The maximum atomic E-state index is 12.1. The standard InChI is InChI=1S/C14H22N2OS/c1-3-12-4-5-13(18-12)9-16-14(17)11-6-7-15-10(2)8-11/h4-5,10-11,15H,3,6-9H2,1-2H3,(H,16,17). The Balaban J connectivity index is 1.80. The van der Waals surface area contributed by atoms with E-state index in [1.807, 2.05) is 0 Å². The number of rotatable bonds is 4. The van der Waals surface area contributed by atoms with Crippen LogP contribution < -0.4 is 10.6 Å². The molecule has 1 aliphatic rings. The van der Waals surface area contributed by atoms with Gasteiger partial charge in [-0.15, -0.1) is 11.3 Å². The van der Waals surface area contributed by atoms with E-state index >= 15 is 0 Å². The first-order valence-corrected chi connectivity index (χ1v) is 7.59. The summed E-state index contributed by atoms with van der Waals surface area (Å²) < 4.78 is 0. The first-order chi connectivity index (χ1) is 8.69. The Morgan fingerprint density at radius 1 is 1.50 bits per heavy atom. The maximum Gasteiger partial charge on any atom is 0.223 e. The number of nitrogens with one attached hydrogen (secondary N) is 2. The summed E-state index contributed by atoms with van der Waals surface area (Å²) in [5.74, 6) is 0.404. The molecule has 0 aromatic carbocycles. The largest absolute Gasteiger partial charge is 0.351 e. The minimum absolute atomic E-state index is 0.187. The van der Waals surface area contributed by atoms with Crippen molar-refractivity contribution in [3.63, 3.8) is 0 Å². The molecule has 1 aromatic heterocycles. The number of piperidine rings is 1. The molecule has 1 aliphatic heterocycles. The van der Waals surface area contributed by atoms with Gasteiger partial charge >= 0.3 is 0 Å². The molecule has 1 fully saturated rings. The van der Waals surface area contributed by atoms with Gasteiger partial charge in [0, 0.05) is 21.7 Å². The van der Waals surface area contributed by atoms with Gasteiger partial charge in [-0.1, -0.05) is 6.92 Å². The van der Waals surface area contributed by atoms with Crippen LogP contribution in [0, 0.1) is 5.92 Å². The van der Waals surface area contributed by atoms with Crippen LogP contribution in [0.5, 0.6) is 0 Å². The molecule has 100 valence electrons. The average molecular weight is 266 g/mol. The summed E-state index contributed by atoms with van der Waals surface area (Å²) in [5.41, 5.74) is 0. The van der Waals surface area contributed by atoms with Crippen LogP contribution in [-0.4, -0.2) is 18.5 Å². The highest BCUT2D eigenvalue weighted by molar-refractivity contribution is 7.11. The second-order valence-corrected chi connectivity index (χ2v) is 6.27. The number of thiophene rings is 1. The summed E-state index contributed by atoms with van der Waals surface area (Å²) >= 11 is 1.79. The number of aryl methyl sites for hydroxylation is 1. The van der Waals surface area contributed by atoms with Crippen LogP contribution in [0.1, 0.15) is 36.4 Å². The normalized spacial score (nSPS) is 23.9. The van der Waals surface area contributed by atoms with E-state index in [0.29, 0.717) is 12.6 Å². The van der Waals surface area contributed by atoms with Crippen molar-refractivity contribution < 1.29 is 4.79 Å². The van der Waals surface area contributed by atoms with Gasteiger partial charge in [0.05, 0.1) is 6.54 Å². The van der Waals surface area contributed by atoms with E-state index < -0.39 is 0 Å². The SMILES string of the molecule is CCc1ccc(CNC(=O)C2CCNC(C)C2)s1. The van der Waals surface area contributed by atoms with Crippen molar-refractivity contribution in [3.05, 3.63) is 21.9 Å². The lowest BCUT2D eigenvalue weighted by molar-refractivity contribution is -0.126. The molecule has 1 saturated heterocycles. The first-order valence-electron chi connectivity index (χ1n) is 6.77. The second kappa shape index (κ2) is 6.34. The van der Waals surface area contributed by atoms with Crippen LogP contribution in [0.25, 0.3) is 0 Å². The summed E-state index contributed by atoms with van der Waals surface area (Å²) in [6.07, 6.45) is 2.99. The zero-order valence-electron chi connectivity index (χ0n) is 11.2. The van der Waals surface area contributed by atoms with Crippen LogP contribution >= 0.6 is 11.3 Å². The monoisotopic (exact) mass is 266 g/mol. The summed E-state index contributed by atoms with van der Waals surface area (Å²) in [4.78, 5) is 14.7. The quantitative estimate of drug-likeness (QED) is 0.878. The van der Waals surface area contributed by atoms with Crippen LogP contribution in [0.3, 0.4) is 0 Å². The molecule has 0 saturated carbocycles. The molecular formula is C14H22N2OS. The van der Waals surface area contributed by atoms with Gasteiger partial charge in [0.2, 0.25) is 5.91 Å². The van der Waals surface area contributed by atoms with Crippen molar-refractivity contribution in [1.29, 1.82) is 0 Å². The fourth-order valence-electron chi connectivity index (χ4n) is 2.40. The lowest BCUT2D eigenvalue weighted by Crippen LogP contribution is -2.42. The molecule has 2 heterocycles. The van der Waals surface area contributed by atoms with E-state index in [0.717, 1.165) is 25.8 Å². The van der Waals surface area contributed by atoms with Crippen LogP contribution in [0.15, 0.2) is 12.1 Å². The molecule has 0 radical (unpaired) electrons. The lowest BCUT2D eigenvalue weighted by Gasteiger charge is -2.27. The van der Waals surface area contributed by atoms with Gasteiger partial charge in [0.25, 0.3) is 0 Å². The number of hydrogen-bond acceptors (Lipinski definition) is 3. The zero-order chi connectivity index (χ0) is 13.0. The Morgan fingerprint density at radius 3 is 2.94 bits per heavy atom. The number of carbonyl (C=O) groups is 1. The Labute approximate surface area is 113 Å². The van der Waals surface area contributed by atoms with Crippen molar-refractivity contribution in [3.8, 4) is 0 Å². The molecule has 2 N–H and O–H groups in total. The molecule has 2 atom stereocenters. The molecule has 0 spiro atoms. The molecule has 4 heteroatoms. The Kier molecular flexibility index (Phi) is 4.78. The van der Waals surface area contributed by atoms with Crippen LogP contribution in [0.2, 0.25) is 0 Å². The minimum atomic E-state index is 0.187. The molecule has 0 aliphatic carbocycles. The van der Waals surface area contributed by atoms with Crippen LogP contribution in [0.4, 0.5) is 0 Å². The third kappa shape index (κ3) is 3.56. The van der Waals surface area contributed by atoms with E-state index in [4.69, 9.17) is 0 Å². The summed E-state index contributed by atoms with van der Waals surface area (Å²) in [6, 6.07) is 4.73. The molecule has 1 amide bonds. The molecule has 2 rings (SSSR count). The van der Waals surface area contributed by atoms with E-state index in [-0.39, 0.29) is 11.8 Å². The fourth-order valence-corrected chi connectivity index (χ4v) is 3.29. The van der Waals surface area contributed by atoms with E-state index in [2.05, 4.69) is 36.6 Å². The van der Waals surface area contributed by atoms with Crippen molar-refractivity contribution in [2.24, 2.45) is 5.92 Å². The summed E-state index contributed by atoms with van der Waals surface area (Å²) in [6.45, 7) is 5.94. The Bertz CT molecular complexity index is 402. The third-order valence-electron chi connectivity index (χ3n) is 3.50. The lowest BCUT2D eigenvalue weighted by atomic mass is 9.92. The maximum absolute atomic E-state index is 12.1. The van der Waals surface area contributed by atoms with Gasteiger partial charge in [0.15, 0.2) is 0 Å². The zero-order valence-corrected chi connectivity index (χ0v) is 12.0. The fraction of sp³-hybridized carbons (Fsp3) is 0.643. The van der Waals surface area contributed by atoms with Gasteiger partial charge in [-0.25, -0.2) is 0 Å². The minimum Gasteiger partial charge on any atom is -0.351 e. The highest BCUT2D eigenvalue weighted by atomic mass is 32.1.